The molecule has 0 aromatic heterocycles. The molecule has 0 aliphatic rings. The van der Waals surface area contributed by atoms with E-state index in [0.717, 1.165) is 0 Å². The van der Waals surface area contributed by atoms with Crippen LogP contribution in [-0.4, -0.2) is 18.2 Å². The molecule has 0 heterocycles. The second-order valence-electron chi connectivity index (χ2n) is 2.77. The summed E-state index contributed by atoms with van der Waals surface area (Å²) in [6.07, 6.45) is 0. The maximum Gasteiger partial charge on any atom is 0.336 e. The normalized spacial score (nSPS) is 9.21. The maximum atomic E-state index is 10.8. The molecule has 0 amide bonds. The van der Waals surface area contributed by atoms with Crippen molar-refractivity contribution in [3.05, 3.63) is 28.8 Å². The quantitative estimate of drug-likeness (QED) is 0.770. The average Bonchev–Trinajstić information content (AvgIpc) is 2.17. The molecule has 0 atom stereocenters. The lowest BCUT2D eigenvalue weighted by molar-refractivity contribution is 0.0695. The Labute approximate surface area is 81.4 Å². The van der Waals surface area contributed by atoms with Crippen LogP contribution in [-0.2, 0) is 0 Å². The highest BCUT2D eigenvalue weighted by molar-refractivity contribution is 5.90. The molecule has 72 valence electrons. The fourth-order valence-electron chi connectivity index (χ4n) is 1.19. The van der Waals surface area contributed by atoms with Crippen LogP contribution in [0.1, 0.15) is 21.5 Å². The largest absolute Gasteiger partial charge is 0.496 e. The zero-order valence-electron chi connectivity index (χ0n) is 7.87. The van der Waals surface area contributed by atoms with E-state index in [0.29, 0.717) is 11.3 Å². The Morgan fingerprint density at radius 1 is 1.57 bits per heavy atom. The molecular weight excluding hydrogens is 182 g/mol. The number of ether oxygens (including phenoxy) is 1. The molecule has 1 aromatic carbocycles. The highest BCUT2D eigenvalue weighted by Gasteiger charge is 2.12. The third-order valence-electron chi connectivity index (χ3n) is 1.94. The molecule has 14 heavy (non-hydrogen) atoms. The van der Waals surface area contributed by atoms with E-state index in [9.17, 15) is 4.79 Å². The predicted molar refractivity (Wildman–Crippen MR) is 49.4 cm³/mol. The SMILES string of the molecule is COc1cc(C#N)cc(C(=O)O)c1C. The number of carboxylic acids is 1. The highest BCUT2D eigenvalue weighted by Crippen LogP contribution is 2.23. The molecule has 0 aliphatic heterocycles. The Morgan fingerprint density at radius 2 is 2.21 bits per heavy atom. The fourth-order valence-corrected chi connectivity index (χ4v) is 1.19. The van der Waals surface area contributed by atoms with E-state index in [1.807, 2.05) is 6.07 Å². The number of aromatic carboxylic acids is 1. The van der Waals surface area contributed by atoms with Gasteiger partial charge in [-0.25, -0.2) is 4.79 Å². The van der Waals surface area contributed by atoms with E-state index < -0.39 is 5.97 Å². The van der Waals surface area contributed by atoms with E-state index in [1.165, 1.54) is 19.2 Å². The Kier molecular flexibility index (Phi) is 2.73. The molecule has 1 aromatic rings. The Hall–Kier alpha value is -2.02. The summed E-state index contributed by atoms with van der Waals surface area (Å²) in [4.78, 5) is 10.8. The number of methoxy groups -OCH3 is 1. The van der Waals surface area contributed by atoms with E-state index in [2.05, 4.69) is 0 Å². The molecule has 0 saturated heterocycles. The molecule has 4 nitrogen and oxygen atoms in total. The highest BCUT2D eigenvalue weighted by atomic mass is 16.5. The van der Waals surface area contributed by atoms with Gasteiger partial charge in [-0.2, -0.15) is 5.26 Å². The van der Waals surface area contributed by atoms with Crippen LogP contribution in [0.25, 0.3) is 0 Å². The first-order chi connectivity index (χ1) is 6.60. The number of carboxylic acid groups (broad SMARTS) is 1. The van der Waals surface area contributed by atoms with Crippen LogP contribution in [0.2, 0.25) is 0 Å². The Bertz CT molecular complexity index is 418. The van der Waals surface area contributed by atoms with Gasteiger partial charge in [0, 0.05) is 5.56 Å². The summed E-state index contributed by atoms with van der Waals surface area (Å²) >= 11 is 0. The zero-order valence-corrected chi connectivity index (χ0v) is 7.87. The molecule has 0 bridgehead atoms. The molecule has 0 saturated carbocycles. The minimum absolute atomic E-state index is 0.0981. The van der Waals surface area contributed by atoms with Crippen molar-refractivity contribution in [1.29, 1.82) is 5.26 Å². The van der Waals surface area contributed by atoms with Crippen molar-refractivity contribution >= 4 is 5.97 Å². The summed E-state index contributed by atoms with van der Waals surface area (Å²) in [7, 11) is 1.44. The monoisotopic (exact) mass is 191 g/mol. The first-order valence-electron chi connectivity index (χ1n) is 3.92. The number of hydrogen-bond acceptors (Lipinski definition) is 3. The topological polar surface area (TPSA) is 70.3 Å². The summed E-state index contributed by atoms with van der Waals surface area (Å²) in [5, 5.41) is 17.5. The van der Waals surface area contributed by atoms with Crippen molar-refractivity contribution in [2.75, 3.05) is 7.11 Å². The number of nitrogens with zero attached hydrogens (tertiary/aromatic N) is 1. The molecule has 0 aliphatic carbocycles. The molecule has 0 unspecified atom stereocenters. The molecule has 0 radical (unpaired) electrons. The van der Waals surface area contributed by atoms with Crippen LogP contribution in [0.3, 0.4) is 0 Å². The standard InChI is InChI=1S/C10H9NO3/c1-6-8(10(12)13)3-7(5-11)4-9(6)14-2/h3-4H,1-2H3,(H,12,13). The minimum atomic E-state index is -1.06. The van der Waals surface area contributed by atoms with Gasteiger partial charge in [0.05, 0.1) is 24.3 Å². The molecule has 4 heteroatoms. The Morgan fingerprint density at radius 3 is 2.64 bits per heavy atom. The van der Waals surface area contributed by atoms with E-state index in [4.69, 9.17) is 15.1 Å². The molecule has 1 N–H and O–H groups in total. The van der Waals surface area contributed by atoms with Gasteiger partial charge in [-0.15, -0.1) is 0 Å². The van der Waals surface area contributed by atoms with E-state index >= 15 is 0 Å². The van der Waals surface area contributed by atoms with Crippen LogP contribution < -0.4 is 4.74 Å². The molecular formula is C10H9NO3. The van der Waals surface area contributed by atoms with Gasteiger partial charge in [-0.1, -0.05) is 0 Å². The van der Waals surface area contributed by atoms with Gasteiger partial charge in [0.1, 0.15) is 5.75 Å². The third kappa shape index (κ3) is 1.67. The first-order valence-corrected chi connectivity index (χ1v) is 3.92. The summed E-state index contributed by atoms with van der Waals surface area (Å²) in [5.74, 6) is -0.639. The van der Waals surface area contributed by atoms with Gasteiger partial charge in [0.15, 0.2) is 0 Å². The van der Waals surface area contributed by atoms with Gasteiger partial charge in [0.2, 0.25) is 0 Å². The lowest BCUT2D eigenvalue weighted by atomic mass is 10.0. The summed E-state index contributed by atoms with van der Waals surface area (Å²) in [5.41, 5.74) is 0.907. The van der Waals surface area contributed by atoms with Crippen molar-refractivity contribution in [3.8, 4) is 11.8 Å². The summed E-state index contributed by atoms with van der Waals surface area (Å²) in [6.45, 7) is 1.64. The van der Waals surface area contributed by atoms with Crippen LogP contribution in [0.4, 0.5) is 0 Å². The van der Waals surface area contributed by atoms with Crippen molar-refractivity contribution in [2.24, 2.45) is 0 Å². The van der Waals surface area contributed by atoms with Crippen molar-refractivity contribution in [1.82, 2.24) is 0 Å². The van der Waals surface area contributed by atoms with Gasteiger partial charge in [-0.3, -0.25) is 0 Å². The lowest BCUT2D eigenvalue weighted by Crippen LogP contribution is -2.02. The van der Waals surface area contributed by atoms with Crippen LogP contribution in [0.15, 0.2) is 12.1 Å². The number of hydrogen-bond donors (Lipinski definition) is 1. The zero-order chi connectivity index (χ0) is 10.7. The van der Waals surface area contributed by atoms with Gasteiger partial charge < -0.3 is 9.84 Å². The third-order valence-corrected chi connectivity index (χ3v) is 1.94. The van der Waals surface area contributed by atoms with Crippen LogP contribution in [0, 0.1) is 18.3 Å². The lowest BCUT2D eigenvalue weighted by Gasteiger charge is -2.07. The maximum absolute atomic E-state index is 10.8. The van der Waals surface area contributed by atoms with Crippen molar-refractivity contribution < 1.29 is 14.6 Å². The smallest absolute Gasteiger partial charge is 0.336 e. The fraction of sp³-hybridized carbons (Fsp3) is 0.200. The Balaban J connectivity index is 3.44. The predicted octanol–water partition coefficient (Wildman–Crippen LogP) is 1.57. The van der Waals surface area contributed by atoms with Crippen molar-refractivity contribution in [3.63, 3.8) is 0 Å². The number of carbonyl (C=O) groups is 1. The summed E-state index contributed by atoms with van der Waals surface area (Å²) < 4.78 is 4.96. The number of rotatable bonds is 2. The first kappa shape index (κ1) is 10.1. The van der Waals surface area contributed by atoms with Gasteiger partial charge in [-0.05, 0) is 19.1 Å². The second-order valence-corrected chi connectivity index (χ2v) is 2.77. The molecule has 1 rings (SSSR count). The van der Waals surface area contributed by atoms with E-state index in [1.54, 1.807) is 6.92 Å². The van der Waals surface area contributed by atoms with E-state index in [-0.39, 0.29) is 11.1 Å². The average molecular weight is 191 g/mol. The van der Waals surface area contributed by atoms with Crippen LogP contribution in [0.5, 0.6) is 5.75 Å². The van der Waals surface area contributed by atoms with Crippen molar-refractivity contribution in [2.45, 2.75) is 6.92 Å². The van der Waals surface area contributed by atoms with Crippen LogP contribution >= 0.6 is 0 Å². The minimum Gasteiger partial charge on any atom is -0.496 e. The number of benzene rings is 1. The molecule has 0 spiro atoms. The number of nitriles is 1. The second kappa shape index (κ2) is 3.79. The van der Waals surface area contributed by atoms with Gasteiger partial charge >= 0.3 is 5.97 Å². The summed E-state index contributed by atoms with van der Waals surface area (Å²) in [6, 6.07) is 4.73. The molecule has 0 fully saturated rings. The van der Waals surface area contributed by atoms with Gasteiger partial charge in [0.25, 0.3) is 0 Å².